The summed E-state index contributed by atoms with van der Waals surface area (Å²) in [5.41, 5.74) is 32.3. The molecule has 0 aliphatic carbocycles. The lowest BCUT2D eigenvalue weighted by Gasteiger charge is -2.09. The number of nitrogens with one attached hydrogen (secondary N) is 2. The molecular weight excluding hydrogens is 1370 g/mol. The monoisotopic (exact) mass is 1480 g/mol. The van der Waals surface area contributed by atoms with E-state index in [1.54, 1.807) is 30.8 Å². The van der Waals surface area contributed by atoms with Crippen LogP contribution in [-0.4, -0.2) is 41.9 Å². The Hall–Kier alpha value is -4.11. The van der Waals surface area contributed by atoms with Crippen molar-refractivity contribution in [2.24, 2.45) is 9.98 Å². The van der Waals surface area contributed by atoms with Gasteiger partial charge in [0.05, 0.1) is 26.6 Å². The molecule has 0 fully saturated rings. The largest absolute Gasteiger partial charge is 0.399 e. The van der Waals surface area contributed by atoms with E-state index < -0.39 is 0 Å². The van der Waals surface area contributed by atoms with Gasteiger partial charge in [0.25, 0.3) is 5.69 Å². The fourth-order valence-corrected chi connectivity index (χ4v) is 8.21. The summed E-state index contributed by atoms with van der Waals surface area (Å²) >= 11 is 21.2. The van der Waals surface area contributed by atoms with Crippen LogP contribution in [0.4, 0.5) is 49.0 Å². The zero-order valence-electron chi connectivity index (χ0n) is 52.9. The SMILES string of the molecule is C.C.C.CC.CC.CC.CC.CNc1cc(C)c(S)cc1C.CNc1cc(C)c(SC)cc1C.CSc1cc(C)c(C)cc1C.Cc1cc(N=C=S)c(C)cc1N.Cc1cc(N=C=S)c(C)cc1N.Cc1ccc(C)c([N+](=O)[O-])c1.FF.II.[HH]. The number of nitro groups is 1. The first-order valence-electron chi connectivity index (χ1n) is 26.2. The van der Waals surface area contributed by atoms with E-state index >= 15 is 0 Å². The van der Waals surface area contributed by atoms with Crippen molar-refractivity contribution in [3.8, 4) is 0 Å². The third kappa shape index (κ3) is 40.3. The zero-order valence-corrected chi connectivity index (χ0v) is 61.4. The van der Waals surface area contributed by atoms with Crippen LogP contribution in [0.5, 0.6) is 0 Å². The van der Waals surface area contributed by atoms with Gasteiger partial charge in [0.1, 0.15) is 0 Å². The summed E-state index contributed by atoms with van der Waals surface area (Å²) in [6.45, 7) is 42.2. The topological polar surface area (TPSA) is 144 Å². The minimum atomic E-state index is -0.359. The Morgan fingerprint density at radius 1 is 0.512 bits per heavy atom. The molecule has 0 spiro atoms. The fourth-order valence-electron chi connectivity index (χ4n) is 6.41. The Balaban J connectivity index is -0.0000000948. The van der Waals surface area contributed by atoms with Gasteiger partial charge in [0.15, 0.2) is 0 Å². The van der Waals surface area contributed by atoms with Crippen LogP contribution in [0, 0.1) is 100 Å². The number of hydrogen-bond donors (Lipinski definition) is 5. The molecule has 18 heteroatoms. The molecule has 9 nitrogen and oxygen atoms in total. The summed E-state index contributed by atoms with van der Waals surface area (Å²) in [5, 5.41) is 21.4. The maximum atomic E-state index is 10.4. The van der Waals surface area contributed by atoms with Crippen molar-refractivity contribution in [3.05, 3.63) is 161 Å². The molecule has 0 saturated carbocycles. The lowest BCUT2D eigenvalue weighted by molar-refractivity contribution is -0.385. The first-order valence-corrected chi connectivity index (χ1v) is 36.2. The summed E-state index contributed by atoms with van der Waals surface area (Å²) in [6, 6.07) is 25.9. The Morgan fingerprint density at radius 2 is 0.845 bits per heavy atom. The number of rotatable bonds is 7. The van der Waals surface area contributed by atoms with E-state index in [2.05, 4.69) is 203 Å². The average molecular weight is 1480 g/mol. The average Bonchev–Trinajstić information content (AvgIpc) is 3.46. The van der Waals surface area contributed by atoms with Crippen LogP contribution in [0.15, 0.2) is 104 Å². The van der Waals surface area contributed by atoms with Gasteiger partial charge in [-0.25, -0.2) is 0 Å². The third-order valence-corrected chi connectivity index (χ3v) is 13.3. The Morgan fingerprint density at radius 3 is 1.18 bits per heavy atom. The summed E-state index contributed by atoms with van der Waals surface area (Å²) in [6.07, 6.45) is 4.23. The molecule has 478 valence electrons. The van der Waals surface area contributed by atoms with Crippen molar-refractivity contribution < 1.29 is 15.5 Å². The molecule has 0 aromatic heterocycles. The first-order chi connectivity index (χ1) is 38.4. The predicted molar refractivity (Wildman–Crippen MR) is 413 cm³/mol. The number of thioether (sulfide) groups is 2. The van der Waals surface area contributed by atoms with E-state index in [9.17, 15) is 10.1 Å². The number of nitrogens with two attached hydrogens (primary N) is 2. The highest BCUT2D eigenvalue weighted by molar-refractivity contribution is 15.0. The number of anilines is 4. The summed E-state index contributed by atoms with van der Waals surface area (Å²) in [7, 11) is 3.89. The number of aliphatic imine (C=N–C) groups is 2. The predicted octanol–water partition coefficient (Wildman–Crippen LogP) is 25.4. The summed E-state index contributed by atoms with van der Waals surface area (Å²) in [5.74, 6) is 0. The maximum absolute atomic E-state index is 10.4. The molecule has 6 rings (SSSR count). The lowest BCUT2D eigenvalue weighted by Crippen LogP contribution is -1.93. The normalized spacial score (nSPS) is 8.36. The van der Waals surface area contributed by atoms with Gasteiger partial charge in [-0.1, -0.05) is 95.9 Å². The van der Waals surface area contributed by atoms with E-state index in [0.29, 0.717) is 5.56 Å². The zero-order chi connectivity index (χ0) is 64.7. The van der Waals surface area contributed by atoms with Crippen LogP contribution >= 0.6 is 97.8 Å². The van der Waals surface area contributed by atoms with Crippen LogP contribution < -0.4 is 22.1 Å². The van der Waals surface area contributed by atoms with Crippen LogP contribution in [0.25, 0.3) is 0 Å². The Kier molecular flexibility index (Phi) is 71.3. The number of aryl methyl sites for hydroxylation is 13. The van der Waals surface area contributed by atoms with Crippen LogP contribution in [0.3, 0.4) is 0 Å². The minimum absolute atomic E-state index is 0. The molecule has 0 atom stereocenters. The van der Waals surface area contributed by atoms with Crippen molar-refractivity contribution in [2.75, 3.05) is 48.7 Å². The van der Waals surface area contributed by atoms with Crippen molar-refractivity contribution in [3.63, 3.8) is 0 Å². The smallest absolute Gasteiger partial charge is 0.272 e. The molecule has 0 radical (unpaired) electrons. The molecular formula is C66H109F2I2N7O2S5. The van der Waals surface area contributed by atoms with Crippen molar-refractivity contribution in [1.29, 1.82) is 0 Å². The van der Waals surface area contributed by atoms with E-state index in [1.165, 1.54) is 60.1 Å². The van der Waals surface area contributed by atoms with E-state index in [-0.39, 0.29) is 34.3 Å². The van der Waals surface area contributed by atoms with Gasteiger partial charge in [0, 0.05) is 111 Å². The van der Waals surface area contributed by atoms with Gasteiger partial charge in [-0.05, 0) is 248 Å². The van der Waals surface area contributed by atoms with Crippen LogP contribution in [-0.2, 0) is 0 Å². The van der Waals surface area contributed by atoms with Crippen LogP contribution in [0.1, 0.15) is 151 Å². The fraction of sp³-hybridized carbons (Fsp3) is 0.424. The van der Waals surface area contributed by atoms with Crippen LogP contribution in [0.2, 0.25) is 0 Å². The number of nitrogens with zero attached hydrogens (tertiary/aromatic N) is 3. The van der Waals surface area contributed by atoms with Crippen molar-refractivity contribution in [1.82, 2.24) is 0 Å². The van der Waals surface area contributed by atoms with E-state index in [1.807, 2.05) is 146 Å². The van der Waals surface area contributed by atoms with Gasteiger partial charge in [-0.3, -0.25) is 10.1 Å². The molecule has 6 aromatic carbocycles. The highest BCUT2D eigenvalue weighted by atomic mass is 128. The van der Waals surface area contributed by atoms with Crippen molar-refractivity contribution in [2.45, 2.75) is 182 Å². The number of hydrogen-bond acceptors (Lipinski definition) is 13. The molecule has 0 amide bonds. The Labute approximate surface area is 560 Å². The number of isothiocyanates is 2. The third-order valence-electron chi connectivity index (χ3n) is 10.9. The minimum Gasteiger partial charge on any atom is -0.399 e. The standard InChI is InChI=1S/C10H15NS.C10H14S.2C9H10N2S.C9H13NS.C8H9NO2.4C2H6.3CH4.F2.I2.H2/c1-7-6-10(12-4)8(2)5-9(7)11-3;1-7-5-9(3)10(11-4)6-8(7)2;2*1-6-4-9(11-5-12)7(2)3-8(6)10;1-6-5-9(11)7(2)4-8(6)10-3;1-6-3-4-7(2)8(5-6)9(10)11;4*1-2;;;;2*1-2;/h5-6,11H,1-4H3;5-6H,1-4H3;2*3-4H,10H2,1-2H3;4-5,10-11H,1-3H3;3-5H,1-2H3;4*1-2H3;3*1H4;;;1H. The molecule has 0 unspecified atom stereocenters. The highest BCUT2D eigenvalue weighted by Gasteiger charge is 2.09. The second-order valence-electron chi connectivity index (χ2n) is 16.4. The number of thiocarbonyl (C=S) groups is 2. The number of nitrogen functional groups attached to an aromatic ring is 2. The van der Waals surface area contributed by atoms with Gasteiger partial charge < -0.3 is 22.1 Å². The highest BCUT2D eigenvalue weighted by Crippen LogP contribution is 2.28. The quantitative estimate of drug-likeness (QED) is 0.0153. The van der Waals surface area contributed by atoms with E-state index in [0.717, 1.165) is 55.5 Å². The first kappa shape index (κ1) is 98.9. The molecule has 0 aliphatic rings. The number of thiol groups is 1. The number of halogens is 4. The van der Waals surface area contributed by atoms with Gasteiger partial charge >= 0.3 is 0 Å². The Bertz CT molecular complexity index is 2680. The number of nitro benzene ring substituents is 1. The second-order valence-corrected chi connectivity index (χ2v) is 19.0. The lowest BCUT2D eigenvalue weighted by atomic mass is 10.1. The summed E-state index contributed by atoms with van der Waals surface area (Å²) < 4.78 is 16.0. The molecule has 0 heterocycles. The molecule has 6 aromatic rings. The second kappa shape index (κ2) is 60.6. The van der Waals surface area contributed by atoms with E-state index in [4.69, 9.17) is 20.6 Å². The summed E-state index contributed by atoms with van der Waals surface area (Å²) in [4.78, 5) is 21.7. The maximum Gasteiger partial charge on any atom is 0.272 e. The molecule has 0 bridgehead atoms. The van der Waals surface area contributed by atoms with Gasteiger partial charge in [-0.2, -0.15) is 9.98 Å². The van der Waals surface area contributed by atoms with Gasteiger partial charge in [-0.15, -0.1) is 36.2 Å². The molecule has 0 aliphatic heterocycles. The molecule has 84 heavy (non-hydrogen) atoms. The molecule has 0 saturated heterocycles. The van der Waals surface area contributed by atoms with Gasteiger partial charge in [0.2, 0.25) is 0 Å². The molecule has 6 N–H and O–H groups in total. The number of benzene rings is 6. The van der Waals surface area contributed by atoms with Crippen molar-refractivity contribution >= 4 is 148 Å².